The molecule has 0 aliphatic carbocycles. The highest BCUT2D eigenvalue weighted by Crippen LogP contribution is 2.09. The van der Waals surface area contributed by atoms with Gasteiger partial charge in [0, 0.05) is 6.08 Å². The highest BCUT2D eigenvalue weighted by molar-refractivity contribution is 5.82. The summed E-state index contributed by atoms with van der Waals surface area (Å²) in [6.45, 7) is 11.3. The number of hydrogen-bond acceptors (Lipinski definition) is 4. The Morgan fingerprint density at radius 2 is 1.84 bits per heavy atom. The van der Waals surface area contributed by atoms with E-state index in [1.165, 1.54) is 6.08 Å². The molecule has 0 fully saturated rings. The molecule has 0 heterocycles. The molecule has 19 heavy (non-hydrogen) atoms. The first-order chi connectivity index (χ1) is 8.65. The fourth-order valence-corrected chi connectivity index (χ4v) is 1.25. The van der Waals surface area contributed by atoms with Crippen molar-refractivity contribution in [1.29, 1.82) is 0 Å². The van der Waals surface area contributed by atoms with Crippen LogP contribution in [-0.4, -0.2) is 30.3 Å². The molecular formula is C14H25NO4. The summed E-state index contributed by atoms with van der Waals surface area (Å²) in [6, 6.07) is -0.278. The number of nitrogens with one attached hydrogen (secondary N) is 1. The first kappa shape index (κ1) is 17.5. The highest BCUT2D eigenvalue weighted by Gasteiger charge is 2.20. The van der Waals surface area contributed by atoms with Crippen LogP contribution in [0.3, 0.4) is 0 Å². The van der Waals surface area contributed by atoms with E-state index in [0.717, 1.165) is 0 Å². The smallest absolute Gasteiger partial charge is 0.408 e. The minimum atomic E-state index is -0.545. The van der Waals surface area contributed by atoms with Crippen molar-refractivity contribution in [3.05, 3.63) is 12.2 Å². The molecule has 1 atom stereocenters. The lowest BCUT2D eigenvalue weighted by Crippen LogP contribution is -2.40. The van der Waals surface area contributed by atoms with Gasteiger partial charge in [-0.1, -0.05) is 19.9 Å². The molecule has 0 unspecified atom stereocenters. The van der Waals surface area contributed by atoms with Crippen molar-refractivity contribution in [3.8, 4) is 0 Å². The van der Waals surface area contributed by atoms with Gasteiger partial charge >= 0.3 is 12.1 Å². The van der Waals surface area contributed by atoms with Crippen LogP contribution in [0.2, 0.25) is 0 Å². The number of alkyl carbamates (subject to hydrolysis) is 1. The summed E-state index contributed by atoms with van der Waals surface area (Å²) in [6.07, 6.45) is 2.44. The maximum atomic E-state index is 11.7. The maximum absolute atomic E-state index is 11.7. The summed E-state index contributed by atoms with van der Waals surface area (Å²) in [5.41, 5.74) is -0.545. The van der Waals surface area contributed by atoms with Gasteiger partial charge < -0.3 is 14.8 Å². The lowest BCUT2D eigenvalue weighted by Gasteiger charge is -2.23. The monoisotopic (exact) mass is 271 g/mol. The van der Waals surface area contributed by atoms with Crippen LogP contribution in [0.15, 0.2) is 12.2 Å². The molecule has 0 radical (unpaired) electrons. The SMILES string of the molecule is CCOC(=O)/C=C\[C@@H](NC(=O)OC(C)(C)C)C(C)C. The average molecular weight is 271 g/mol. The van der Waals surface area contributed by atoms with Gasteiger partial charge in [-0.05, 0) is 33.6 Å². The molecule has 0 aromatic heterocycles. The molecule has 0 spiro atoms. The second-order valence-electron chi connectivity index (χ2n) is 5.53. The first-order valence-corrected chi connectivity index (χ1v) is 6.50. The van der Waals surface area contributed by atoms with Crippen molar-refractivity contribution < 1.29 is 19.1 Å². The number of carbonyl (C=O) groups is 2. The normalized spacial score (nSPS) is 13.4. The number of amides is 1. The second kappa shape index (κ2) is 7.81. The minimum Gasteiger partial charge on any atom is -0.463 e. The standard InChI is InChI=1S/C14H25NO4/c1-7-18-12(16)9-8-11(10(2)3)15-13(17)19-14(4,5)6/h8-11H,7H2,1-6H3,(H,15,17)/b9-8-/t11-/m1/s1. The summed E-state index contributed by atoms with van der Waals surface area (Å²) in [7, 11) is 0. The summed E-state index contributed by atoms with van der Waals surface area (Å²) >= 11 is 0. The molecule has 0 saturated heterocycles. The predicted octanol–water partition coefficient (Wildman–Crippen LogP) is 2.66. The van der Waals surface area contributed by atoms with Crippen LogP contribution in [0.5, 0.6) is 0 Å². The Bertz CT molecular complexity index is 329. The zero-order valence-corrected chi connectivity index (χ0v) is 12.6. The van der Waals surface area contributed by atoms with Gasteiger partial charge in [0.2, 0.25) is 0 Å². The van der Waals surface area contributed by atoms with Gasteiger partial charge in [0.25, 0.3) is 0 Å². The predicted molar refractivity (Wildman–Crippen MR) is 73.8 cm³/mol. The average Bonchev–Trinajstić information content (AvgIpc) is 2.21. The first-order valence-electron chi connectivity index (χ1n) is 6.50. The summed E-state index contributed by atoms with van der Waals surface area (Å²) in [5.74, 6) is -0.280. The lowest BCUT2D eigenvalue weighted by atomic mass is 10.0. The molecule has 0 bridgehead atoms. The Morgan fingerprint density at radius 3 is 2.26 bits per heavy atom. The van der Waals surface area contributed by atoms with Crippen LogP contribution < -0.4 is 5.32 Å². The molecule has 5 heteroatoms. The van der Waals surface area contributed by atoms with Crippen LogP contribution >= 0.6 is 0 Å². The largest absolute Gasteiger partial charge is 0.463 e. The molecule has 5 nitrogen and oxygen atoms in total. The summed E-state index contributed by atoms with van der Waals surface area (Å²) in [5, 5.41) is 2.71. The molecule has 0 aliphatic heterocycles. The van der Waals surface area contributed by atoms with Crippen molar-refractivity contribution >= 4 is 12.1 Å². The molecule has 1 N–H and O–H groups in total. The van der Waals surface area contributed by atoms with Gasteiger partial charge in [-0.2, -0.15) is 0 Å². The number of hydrogen-bond donors (Lipinski definition) is 1. The Kier molecular flexibility index (Phi) is 7.19. The zero-order chi connectivity index (χ0) is 15.1. The van der Waals surface area contributed by atoms with Crippen LogP contribution in [0.1, 0.15) is 41.5 Å². The van der Waals surface area contributed by atoms with Crippen molar-refractivity contribution in [1.82, 2.24) is 5.32 Å². The quantitative estimate of drug-likeness (QED) is 0.616. The lowest BCUT2D eigenvalue weighted by molar-refractivity contribution is -0.137. The Labute approximate surface area is 115 Å². The van der Waals surface area contributed by atoms with Gasteiger partial charge in [0.15, 0.2) is 0 Å². The molecule has 110 valence electrons. The molecule has 0 saturated carbocycles. The third-order valence-electron chi connectivity index (χ3n) is 2.13. The zero-order valence-electron chi connectivity index (χ0n) is 12.6. The van der Waals surface area contributed by atoms with E-state index in [2.05, 4.69) is 5.32 Å². The topological polar surface area (TPSA) is 64.6 Å². The third-order valence-corrected chi connectivity index (χ3v) is 2.13. The molecule has 0 aromatic carbocycles. The Morgan fingerprint density at radius 1 is 1.26 bits per heavy atom. The van der Waals surface area contributed by atoms with Crippen LogP contribution in [-0.2, 0) is 14.3 Å². The van der Waals surface area contributed by atoms with Crippen molar-refractivity contribution in [2.45, 2.75) is 53.2 Å². The van der Waals surface area contributed by atoms with Crippen molar-refractivity contribution in [3.63, 3.8) is 0 Å². The number of ether oxygens (including phenoxy) is 2. The van der Waals surface area contributed by atoms with Gasteiger partial charge in [0.1, 0.15) is 5.60 Å². The number of carbonyl (C=O) groups excluding carboxylic acids is 2. The van der Waals surface area contributed by atoms with Gasteiger partial charge in [-0.25, -0.2) is 9.59 Å². The summed E-state index contributed by atoms with van der Waals surface area (Å²) in [4.78, 5) is 22.9. The van der Waals surface area contributed by atoms with Gasteiger partial charge in [-0.15, -0.1) is 0 Å². The van der Waals surface area contributed by atoms with Crippen molar-refractivity contribution in [2.75, 3.05) is 6.61 Å². The van der Waals surface area contributed by atoms with E-state index < -0.39 is 17.7 Å². The third kappa shape index (κ3) is 9.11. The van der Waals surface area contributed by atoms with Crippen LogP contribution in [0, 0.1) is 5.92 Å². The van der Waals surface area contributed by atoms with Gasteiger partial charge in [-0.3, -0.25) is 0 Å². The fourth-order valence-electron chi connectivity index (χ4n) is 1.25. The van der Waals surface area contributed by atoms with E-state index in [1.54, 1.807) is 33.8 Å². The van der Waals surface area contributed by atoms with E-state index in [9.17, 15) is 9.59 Å². The summed E-state index contributed by atoms with van der Waals surface area (Å²) < 4.78 is 9.96. The number of esters is 1. The highest BCUT2D eigenvalue weighted by atomic mass is 16.6. The van der Waals surface area contributed by atoms with Crippen LogP contribution in [0.25, 0.3) is 0 Å². The molecular weight excluding hydrogens is 246 g/mol. The van der Waals surface area contributed by atoms with Crippen LogP contribution in [0.4, 0.5) is 4.79 Å². The number of rotatable bonds is 5. The van der Waals surface area contributed by atoms with E-state index >= 15 is 0 Å². The van der Waals surface area contributed by atoms with Crippen molar-refractivity contribution in [2.24, 2.45) is 5.92 Å². The van der Waals surface area contributed by atoms with Gasteiger partial charge in [0.05, 0.1) is 12.6 Å². The fraction of sp³-hybridized carbons (Fsp3) is 0.714. The minimum absolute atomic E-state index is 0.137. The molecule has 1 amide bonds. The Balaban J connectivity index is 4.50. The molecule has 0 rings (SSSR count). The molecule has 0 aliphatic rings. The molecule has 0 aromatic rings. The van der Waals surface area contributed by atoms with E-state index in [1.807, 2.05) is 13.8 Å². The van der Waals surface area contributed by atoms with E-state index in [-0.39, 0.29) is 12.0 Å². The van der Waals surface area contributed by atoms with E-state index in [4.69, 9.17) is 9.47 Å². The maximum Gasteiger partial charge on any atom is 0.408 e. The van der Waals surface area contributed by atoms with E-state index in [0.29, 0.717) is 6.61 Å². The Hall–Kier alpha value is -1.52. The second-order valence-corrected chi connectivity index (χ2v) is 5.53.